The van der Waals surface area contributed by atoms with Crippen molar-refractivity contribution < 1.29 is 14.2 Å². The van der Waals surface area contributed by atoms with Crippen LogP contribution in [0.3, 0.4) is 0 Å². The maximum atomic E-state index is 5.93. The second-order valence-electron chi connectivity index (χ2n) is 7.67. The Hall–Kier alpha value is -2.36. The molecule has 0 amide bonds. The predicted octanol–water partition coefficient (Wildman–Crippen LogP) is 3.92. The molecule has 0 aromatic heterocycles. The van der Waals surface area contributed by atoms with Crippen LogP contribution in [0, 0.1) is 0 Å². The van der Waals surface area contributed by atoms with Gasteiger partial charge in [-0.3, -0.25) is 4.99 Å². The Morgan fingerprint density at radius 2 is 1.66 bits per heavy atom. The Labute approximate surface area is 208 Å². The molecule has 0 aliphatic carbocycles. The molecule has 32 heavy (non-hydrogen) atoms. The third kappa shape index (κ3) is 7.65. The van der Waals surface area contributed by atoms with Gasteiger partial charge in [-0.15, -0.1) is 24.0 Å². The molecule has 1 fully saturated rings. The van der Waals surface area contributed by atoms with Gasteiger partial charge in [-0.25, -0.2) is 0 Å². The summed E-state index contributed by atoms with van der Waals surface area (Å²) in [7, 11) is 5.16. The van der Waals surface area contributed by atoms with Crippen molar-refractivity contribution in [2.24, 2.45) is 4.99 Å². The zero-order valence-corrected chi connectivity index (χ0v) is 21.7. The number of rotatable bonds is 8. The van der Waals surface area contributed by atoms with Crippen molar-refractivity contribution in [3.63, 3.8) is 0 Å². The summed E-state index contributed by atoms with van der Waals surface area (Å²) in [6.07, 6.45) is 2.08. The zero-order chi connectivity index (χ0) is 22.1. The molecule has 3 rings (SSSR count). The average molecular weight is 554 g/mol. The van der Waals surface area contributed by atoms with Gasteiger partial charge in [0, 0.05) is 50.1 Å². The smallest absolute Gasteiger partial charge is 0.191 e. The number of hydrogen-bond acceptors (Lipinski definition) is 5. The zero-order valence-electron chi connectivity index (χ0n) is 19.3. The molecule has 8 heteroatoms. The number of nitrogens with one attached hydrogen (secondary N) is 2. The number of benzene rings is 2. The Morgan fingerprint density at radius 3 is 2.22 bits per heavy atom. The van der Waals surface area contributed by atoms with Gasteiger partial charge in [0.05, 0.1) is 20.8 Å². The van der Waals surface area contributed by atoms with Crippen LogP contribution in [0.25, 0.3) is 0 Å². The van der Waals surface area contributed by atoms with E-state index in [-0.39, 0.29) is 30.1 Å². The second-order valence-corrected chi connectivity index (χ2v) is 7.67. The number of guanidine groups is 1. The number of piperidine rings is 1. The van der Waals surface area contributed by atoms with Crippen molar-refractivity contribution >= 4 is 35.6 Å². The van der Waals surface area contributed by atoms with E-state index >= 15 is 0 Å². The molecule has 2 aromatic rings. The summed E-state index contributed by atoms with van der Waals surface area (Å²) < 4.78 is 16.7. The van der Waals surface area contributed by atoms with E-state index in [2.05, 4.69) is 32.7 Å². The highest BCUT2D eigenvalue weighted by atomic mass is 127. The summed E-state index contributed by atoms with van der Waals surface area (Å²) in [6, 6.07) is 16.3. The summed E-state index contributed by atoms with van der Waals surface area (Å²) in [5.74, 6) is 3.31. The molecule has 0 spiro atoms. The van der Waals surface area contributed by atoms with Crippen molar-refractivity contribution in [3.05, 3.63) is 48.5 Å². The molecule has 1 heterocycles. The van der Waals surface area contributed by atoms with Crippen molar-refractivity contribution in [2.45, 2.75) is 31.9 Å². The van der Waals surface area contributed by atoms with Gasteiger partial charge in [-0.2, -0.15) is 0 Å². The number of para-hydroxylation sites is 1. The van der Waals surface area contributed by atoms with Gasteiger partial charge in [-0.1, -0.05) is 18.2 Å². The minimum absolute atomic E-state index is 0. The Balaban J connectivity index is 0.00000363. The number of halogens is 1. The van der Waals surface area contributed by atoms with Gasteiger partial charge < -0.3 is 29.7 Å². The molecule has 0 bridgehead atoms. The molecule has 1 atom stereocenters. The highest BCUT2D eigenvalue weighted by Gasteiger charge is 2.21. The van der Waals surface area contributed by atoms with Gasteiger partial charge in [0.15, 0.2) is 5.96 Å². The first kappa shape index (κ1) is 25.9. The standard InChI is InChI=1S/C24H34N4O3.HI/c1-18(31-21-8-6-5-7-9-21)17-26-24(25-2)27-19-10-12-28(13-11-19)20-14-22(29-3)16-23(15-20)30-4;/h5-9,14-16,18-19H,10-13,17H2,1-4H3,(H2,25,26,27);1H. The molecule has 1 aliphatic heterocycles. The van der Waals surface area contributed by atoms with Crippen LogP contribution in [0.5, 0.6) is 17.2 Å². The largest absolute Gasteiger partial charge is 0.497 e. The minimum atomic E-state index is 0. The molecular formula is C24H35IN4O3. The van der Waals surface area contributed by atoms with Crippen LogP contribution in [0.15, 0.2) is 53.5 Å². The Kier molecular flexibility index (Phi) is 10.7. The van der Waals surface area contributed by atoms with Gasteiger partial charge in [0.2, 0.25) is 0 Å². The fraction of sp³-hybridized carbons (Fsp3) is 0.458. The second kappa shape index (κ2) is 13.2. The van der Waals surface area contributed by atoms with Crippen molar-refractivity contribution in [1.29, 1.82) is 0 Å². The first-order valence-electron chi connectivity index (χ1n) is 10.8. The van der Waals surface area contributed by atoms with Crippen LogP contribution >= 0.6 is 24.0 Å². The number of anilines is 1. The fourth-order valence-corrected chi connectivity index (χ4v) is 3.66. The molecule has 0 saturated carbocycles. The van der Waals surface area contributed by atoms with Gasteiger partial charge >= 0.3 is 0 Å². The normalized spacial score (nSPS) is 15.4. The quantitative estimate of drug-likeness (QED) is 0.293. The SMILES string of the molecule is CN=C(NCC(C)Oc1ccccc1)NC1CCN(c2cc(OC)cc(OC)c2)CC1.I. The highest BCUT2D eigenvalue weighted by molar-refractivity contribution is 14.0. The number of nitrogens with zero attached hydrogens (tertiary/aromatic N) is 2. The topological polar surface area (TPSA) is 67.4 Å². The monoisotopic (exact) mass is 554 g/mol. The van der Waals surface area contributed by atoms with Crippen LogP contribution in [-0.4, -0.2) is 59.0 Å². The molecular weight excluding hydrogens is 519 g/mol. The van der Waals surface area contributed by atoms with E-state index in [1.165, 1.54) is 0 Å². The molecule has 7 nitrogen and oxygen atoms in total. The molecule has 1 aliphatic rings. The molecule has 176 valence electrons. The number of aliphatic imine (C=N–C) groups is 1. The van der Waals surface area contributed by atoms with Gasteiger partial charge in [0.1, 0.15) is 23.4 Å². The average Bonchev–Trinajstić information content (AvgIpc) is 2.82. The molecule has 1 unspecified atom stereocenters. The van der Waals surface area contributed by atoms with Crippen molar-refractivity contribution in [1.82, 2.24) is 10.6 Å². The van der Waals surface area contributed by atoms with E-state index in [0.717, 1.165) is 54.8 Å². The van der Waals surface area contributed by atoms with Crippen molar-refractivity contribution in [2.75, 3.05) is 45.8 Å². The first-order valence-corrected chi connectivity index (χ1v) is 10.8. The summed E-state index contributed by atoms with van der Waals surface area (Å²) in [4.78, 5) is 6.75. The van der Waals surface area contributed by atoms with E-state index < -0.39 is 0 Å². The van der Waals surface area contributed by atoms with E-state index in [9.17, 15) is 0 Å². The Bertz CT molecular complexity index is 820. The fourth-order valence-electron chi connectivity index (χ4n) is 3.66. The van der Waals surface area contributed by atoms with E-state index in [1.807, 2.05) is 43.3 Å². The maximum Gasteiger partial charge on any atom is 0.191 e. The van der Waals surface area contributed by atoms with Gasteiger partial charge in [-0.05, 0) is 31.9 Å². The maximum absolute atomic E-state index is 5.93. The number of ether oxygens (including phenoxy) is 3. The van der Waals surface area contributed by atoms with E-state index in [4.69, 9.17) is 14.2 Å². The van der Waals surface area contributed by atoms with E-state index in [0.29, 0.717) is 12.6 Å². The summed E-state index contributed by atoms with van der Waals surface area (Å²) in [5.41, 5.74) is 1.13. The first-order chi connectivity index (χ1) is 15.1. The van der Waals surface area contributed by atoms with E-state index in [1.54, 1.807) is 21.3 Å². The number of methoxy groups -OCH3 is 2. The highest BCUT2D eigenvalue weighted by Crippen LogP contribution is 2.30. The van der Waals surface area contributed by atoms with Gasteiger partial charge in [0.25, 0.3) is 0 Å². The van der Waals surface area contributed by atoms with Crippen molar-refractivity contribution in [3.8, 4) is 17.2 Å². The van der Waals surface area contributed by atoms with Crippen LogP contribution in [0.2, 0.25) is 0 Å². The molecule has 2 N–H and O–H groups in total. The van der Waals surface area contributed by atoms with Crippen LogP contribution in [0.4, 0.5) is 5.69 Å². The predicted molar refractivity (Wildman–Crippen MR) is 141 cm³/mol. The number of hydrogen-bond donors (Lipinski definition) is 2. The minimum Gasteiger partial charge on any atom is -0.497 e. The van der Waals surface area contributed by atoms with Crippen LogP contribution in [0.1, 0.15) is 19.8 Å². The molecule has 0 radical (unpaired) electrons. The lowest BCUT2D eigenvalue weighted by Gasteiger charge is -2.35. The summed E-state index contributed by atoms with van der Waals surface area (Å²) in [5, 5.41) is 6.93. The third-order valence-electron chi connectivity index (χ3n) is 5.40. The molecule has 2 aromatic carbocycles. The lowest BCUT2D eigenvalue weighted by atomic mass is 10.0. The van der Waals surface area contributed by atoms with Crippen LogP contribution in [-0.2, 0) is 0 Å². The molecule has 1 saturated heterocycles. The van der Waals surface area contributed by atoms with Crippen LogP contribution < -0.4 is 29.7 Å². The lowest BCUT2D eigenvalue weighted by Crippen LogP contribution is -2.50. The summed E-state index contributed by atoms with van der Waals surface area (Å²) >= 11 is 0. The Morgan fingerprint density at radius 1 is 1.03 bits per heavy atom. The lowest BCUT2D eigenvalue weighted by molar-refractivity contribution is 0.223. The summed E-state index contributed by atoms with van der Waals surface area (Å²) in [6.45, 7) is 4.64. The third-order valence-corrected chi connectivity index (χ3v) is 5.40.